The Morgan fingerprint density at radius 1 is 0.450 bits per heavy atom. The van der Waals surface area contributed by atoms with Gasteiger partial charge in [0.15, 0.2) is 0 Å². The Labute approximate surface area is 251 Å². The number of carbonyl (C=O) groups is 1. The van der Waals surface area contributed by atoms with Gasteiger partial charge in [0, 0.05) is 6.08 Å². The van der Waals surface area contributed by atoms with Crippen LogP contribution in [0.2, 0.25) is 0 Å². The molecule has 0 bridgehead atoms. The molecule has 0 aromatic rings. The number of ether oxygens (including phenoxy) is 1. The van der Waals surface area contributed by atoms with Crippen LogP contribution in [0, 0.1) is 0 Å². The molecular weight excluding hydrogens is 488 g/mol. The smallest absolute Gasteiger partial charge is 0.330 e. The van der Waals surface area contributed by atoms with Gasteiger partial charge in [-0.05, 0) is 51.4 Å². The molecule has 0 fully saturated rings. The van der Waals surface area contributed by atoms with E-state index in [1.165, 1.54) is 141 Å². The summed E-state index contributed by atoms with van der Waals surface area (Å²) in [5.74, 6) is -0.215. The first kappa shape index (κ1) is 38.4. The van der Waals surface area contributed by atoms with Crippen molar-refractivity contribution in [1.82, 2.24) is 0 Å². The molecule has 0 heterocycles. The van der Waals surface area contributed by atoms with E-state index in [2.05, 4.69) is 44.2 Å². The van der Waals surface area contributed by atoms with Crippen LogP contribution in [-0.2, 0) is 9.53 Å². The maximum absolute atomic E-state index is 11.8. The number of hydrogen-bond acceptors (Lipinski definition) is 2. The van der Waals surface area contributed by atoms with Gasteiger partial charge in [-0.15, -0.1) is 0 Å². The summed E-state index contributed by atoms with van der Waals surface area (Å²) in [6.45, 7) is 5.08. The molecule has 0 atom stereocenters. The first-order valence-electron chi connectivity index (χ1n) is 17.6. The summed E-state index contributed by atoms with van der Waals surface area (Å²) in [4.78, 5) is 11.8. The van der Waals surface area contributed by atoms with Crippen molar-refractivity contribution in [2.24, 2.45) is 0 Å². The minimum atomic E-state index is -0.215. The fraction of sp³-hybridized carbons (Fsp3) is 0.763. The Morgan fingerprint density at radius 3 is 1.38 bits per heavy atom. The molecule has 0 aromatic heterocycles. The third-order valence-corrected chi connectivity index (χ3v) is 7.54. The average Bonchev–Trinajstić information content (AvgIpc) is 2.96. The van der Waals surface area contributed by atoms with Crippen molar-refractivity contribution >= 4 is 5.97 Å². The Bertz CT molecular complexity index is 613. The van der Waals surface area contributed by atoms with Gasteiger partial charge in [0.2, 0.25) is 0 Å². The number of hydrogen-bond donors (Lipinski definition) is 0. The number of esters is 1. The maximum atomic E-state index is 11.8. The van der Waals surface area contributed by atoms with Crippen molar-refractivity contribution in [3.05, 3.63) is 48.6 Å². The van der Waals surface area contributed by atoms with Crippen LogP contribution in [0.1, 0.15) is 181 Å². The molecule has 0 aliphatic heterocycles. The molecule has 0 spiro atoms. The second-order valence-corrected chi connectivity index (χ2v) is 11.6. The minimum Gasteiger partial charge on any atom is -0.463 e. The van der Waals surface area contributed by atoms with Crippen LogP contribution in [0.3, 0.4) is 0 Å². The molecule has 0 rings (SSSR count). The molecule has 0 saturated heterocycles. The molecule has 0 saturated carbocycles. The Morgan fingerprint density at radius 2 is 0.850 bits per heavy atom. The predicted octanol–water partition coefficient (Wildman–Crippen LogP) is 12.9. The van der Waals surface area contributed by atoms with E-state index in [9.17, 15) is 4.79 Å². The summed E-state index contributed by atoms with van der Waals surface area (Å²) in [7, 11) is 0. The standard InChI is InChI=1S/C38H68O2/c1-3-5-7-9-11-13-15-17-19-21-22-24-26-28-30-32-34-36-38(39)40-37-35-33-31-29-27-25-23-20-18-16-14-12-10-8-6-4-2/h12,14,18,20,30,32,34,36H,3-11,13,15-17,19,21-29,31,33,35,37H2,1-2H3/b14-12-,20-18-,32-30?,36-34?. The van der Waals surface area contributed by atoms with Gasteiger partial charge in [-0.1, -0.05) is 172 Å². The van der Waals surface area contributed by atoms with Crippen LogP contribution in [-0.4, -0.2) is 12.6 Å². The first-order valence-corrected chi connectivity index (χ1v) is 17.6. The van der Waals surface area contributed by atoms with Crippen LogP contribution in [0.15, 0.2) is 48.6 Å². The van der Waals surface area contributed by atoms with Crippen LogP contribution in [0.25, 0.3) is 0 Å². The molecule has 0 amide bonds. The lowest BCUT2D eigenvalue weighted by atomic mass is 10.0. The Kier molecular flexibility index (Phi) is 34.1. The lowest BCUT2D eigenvalue weighted by molar-refractivity contribution is -0.137. The number of carbonyl (C=O) groups excluding carboxylic acids is 1. The van der Waals surface area contributed by atoms with Crippen molar-refractivity contribution in [1.29, 1.82) is 0 Å². The van der Waals surface area contributed by atoms with Gasteiger partial charge in [0.05, 0.1) is 6.61 Å². The fourth-order valence-corrected chi connectivity index (χ4v) is 4.90. The SMILES string of the molecule is CCCCC/C=C\C/C=C\CCCCCCCCOC(=O)C=CC=CCCCCCCCCCCCCCCC. The molecule has 232 valence electrons. The lowest BCUT2D eigenvalue weighted by Crippen LogP contribution is -2.02. The van der Waals surface area contributed by atoms with E-state index in [1.54, 1.807) is 6.08 Å². The summed E-state index contributed by atoms with van der Waals surface area (Å²) in [6.07, 6.45) is 50.7. The topological polar surface area (TPSA) is 26.3 Å². The quantitative estimate of drug-likeness (QED) is 0.0279. The van der Waals surface area contributed by atoms with Crippen LogP contribution in [0.4, 0.5) is 0 Å². The number of unbranched alkanes of at least 4 members (excludes halogenated alkanes) is 22. The third kappa shape index (κ3) is 34.5. The molecular formula is C38H68O2. The van der Waals surface area contributed by atoms with Crippen LogP contribution < -0.4 is 0 Å². The van der Waals surface area contributed by atoms with Gasteiger partial charge in [0.25, 0.3) is 0 Å². The van der Waals surface area contributed by atoms with E-state index < -0.39 is 0 Å². The van der Waals surface area contributed by atoms with Crippen molar-refractivity contribution in [3.63, 3.8) is 0 Å². The number of rotatable bonds is 31. The average molecular weight is 557 g/mol. The van der Waals surface area contributed by atoms with E-state index in [0.29, 0.717) is 6.61 Å². The van der Waals surface area contributed by atoms with E-state index in [-0.39, 0.29) is 5.97 Å². The molecule has 0 N–H and O–H groups in total. The van der Waals surface area contributed by atoms with Crippen LogP contribution >= 0.6 is 0 Å². The van der Waals surface area contributed by atoms with E-state index >= 15 is 0 Å². The summed E-state index contributed by atoms with van der Waals surface area (Å²) >= 11 is 0. The van der Waals surface area contributed by atoms with Crippen molar-refractivity contribution in [2.75, 3.05) is 6.61 Å². The summed E-state index contributed by atoms with van der Waals surface area (Å²) in [6, 6.07) is 0. The van der Waals surface area contributed by atoms with Crippen molar-refractivity contribution in [2.45, 2.75) is 181 Å². The molecule has 2 heteroatoms. The highest BCUT2D eigenvalue weighted by Crippen LogP contribution is 2.13. The second kappa shape index (κ2) is 35.5. The summed E-state index contributed by atoms with van der Waals surface area (Å²) in [5.41, 5.74) is 0. The highest BCUT2D eigenvalue weighted by Gasteiger charge is 1.97. The Hall–Kier alpha value is -1.57. The maximum Gasteiger partial charge on any atom is 0.330 e. The number of allylic oxidation sites excluding steroid dienone is 7. The highest BCUT2D eigenvalue weighted by atomic mass is 16.5. The summed E-state index contributed by atoms with van der Waals surface area (Å²) < 4.78 is 5.32. The normalized spacial score (nSPS) is 12.2. The van der Waals surface area contributed by atoms with Gasteiger partial charge in [0.1, 0.15) is 0 Å². The van der Waals surface area contributed by atoms with Gasteiger partial charge >= 0.3 is 5.97 Å². The van der Waals surface area contributed by atoms with Gasteiger partial charge < -0.3 is 4.74 Å². The zero-order valence-electron chi connectivity index (χ0n) is 27.0. The minimum absolute atomic E-state index is 0.215. The Balaban J connectivity index is 3.35. The van der Waals surface area contributed by atoms with E-state index in [1.807, 2.05) is 12.2 Å². The van der Waals surface area contributed by atoms with Gasteiger partial charge in [-0.2, -0.15) is 0 Å². The fourth-order valence-electron chi connectivity index (χ4n) is 4.90. The van der Waals surface area contributed by atoms with Gasteiger partial charge in [-0.3, -0.25) is 0 Å². The van der Waals surface area contributed by atoms with E-state index in [4.69, 9.17) is 4.74 Å². The molecule has 0 aromatic carbocycles. The van der Waals surface area contributed by atoms with E-state index in [0.717, 1.165) is 25.7 Å². The highest BCUT2D eigenvalue weighted by molar-refractivity contribution is 5.82. The molecule has 0 aliphatic rings. The van der Waals surface area contributed by atoms with Crippen LogP contribution in [0.5, 0.6) is 0 Å². The monoisotopic (exact) mass is 557 g/mol. The van der Waals surface area contributed by atoms with Gasteiger partial charge in [-0.25, -0.2) is 4.79 Å². The molecule has 0 aliphatic carbocycles. The first-order chi connectivity index (χ1) is 19.8. The molecule has 40 heavy (non-hydrogen) atoms. The summed E-state index contributed by atoms with van der Waals surface area (Å²) in [5, 5.41) is 0. The zero-order chi connectivity index (χ0) is 29.0. The zero-order valence-corrected chi connectivity index (χ0v) is 27.0. The lowest BCUT2D eigenvalue weighted by Gasteiger charge is -2.02. The largest absolute Gasteiger partial charge is 0.463 e. The predicted molar refractivity (Wildman–Crippen MR) is 179 cm³/mol. The second-order valence-electron chi connectivity index (χ2n) is 11.6. The molecule has 2 nitrogen and oxygen atoms in total. The van der Waals surface area contributed by atoms with Crippen molar-refractivity contribution in [3.8, 4) is 0 Å². The third-order valence-electron chi connectivity index (χ3n) is 7.54. The molecule has 0 radical (unpaired) electrons. The molecule has 0 unspecified atom stereocenters. The van der Waals surface area contributed by atoms with Crippen molar-refractivity contribution < 1.29 is 9.53 Å².